The summed E-state index contributed by atoms with van der Waals surface area (Å²) >= 11 is 0. The second kappa shape index (κ2) is 2.34. The zero-order valence-electron chi connectivity index (χ0n) is 6.66. The van der Waals surface area contributed by atoms with E-state index < -0.39 is 0 Å². The van der Waals surface area contributed by atoms with Gasteiger partial charge in [0.1, 0.15) is 0 Å². The Hall–Kier alpha value is -0.795. The molecular formula is C9H9BNO. The summed E-state index contributed by atoms with van der Waals surface area (Å²) in [5.41, 5.74) is 2.82. The molecule has 3 heteroatoms. The summed E-state index contributed by atoms with van der Waals surface area (Å²) in [6, 6.07) is 8.93. The Morgan fingerprint density at radius 3 is 3.33 bits per heavy atom. The first kappa shape index (κ1) is 6.69. The zero-order chi connectivity index (χ0) is 7.97. The van der Waals surface area contributed by atoms with Crippen LogP contribution in [0, 0.1) is 0 Å². The molecule has 2 nitrogen and oxygen atoms in total. The van der Waals surface area contributed by atoms with Gasteiger partial charge in [0.15, 0.2) is 0 Å². The summed E-state index contributed by atoms with van der Waals surface area (Å²) in [4.78, 5) is 0. The molecule has 1 aliphatic heterocycles. The molecule has 1 heterocycles. The van der Waals surface area contributed by atoms with Gasteiger partial charge in [-0.05, 0) is 17.5 Å². The Bertz CT molecular complexity index is 315. The summed E-state index contributed by atoms with van der Waals surface area (Å²) in [6.07, 6.45) is 1.38. The van der Waals surface area contributed by atoms with Gasteiger partial charge in [-0.15, -0.1) is 0 Å². The summed E-state index contributed by atoms with van der Waals surface area (Å²) in [5.74, 6) is 0. The predicted octanol–water partition coefficient (Wildman–Crippen LogP) is 0.806. The molecule has 59 valence electrons. The molecule has 0 unspecified atom stereocenters. The van der Waals surface area contributed by atoms with Crippen LogP contribution in [0.4, 0.5) is 0 Å². The molecule has 3 rings (SSSR count). The SMILES string of the molecule is [B]1N[C@H]2c3ccccc3C[C@H]2O1. The Kier molecular flexibility index (Phi) is 1.31. The van der Waals surface area contributed by atoms with Crippen LogP contribution >= 0.6 is 0 Å². The molecule has 1 fully saturated rings. The molecule has 1 saturated heterocycles. The number of benzene rings is 1. The first-order valence-electron chi connectivity index (χ1n) is 4.26. The number of fused-ring (bicyclic) bond motifs is 3. The van der Waals surface area contributed by atoms with Gasteiger partial charge in [0.25, 0.3) is 0 Å². The zero-order valence-corrected chi connectivity index (χ0v) is 6.66. The number of hydrogen-bond donors (Lipinski definition) is 1. The molecule has 0 spiro atoms. The van der Waals surface area contributed by atoms with E-state index in [-0.39, 0.29) is 0 Å². The van der Waals surface area contributed by atoms with Gasteiger partial charge < -0.3 is 9.88 Å². The maximum Gasteiger partial charge on any atom is 0.396 e. The van der Waals surface area contributed by atoms with Crippen LogP contribution in [-0.4, -0.2) is 13.7 Å². The molecule has 2 aliphatic rings. The molecule has 12 heavy (non-hydrogen) atoms. The normalized spacial score (nSPS) is 31.0. The van der Waals surface area contributed by atoms with Crippen LogP contribution in [0.5, 0.6) is 0 Å². The average Bonchev–Trinajstić information content (AvgIpc) is 2.62. The van der Waals surface area contributed by atoms with Gasteiger partial charge in [0, 0.05) is 6.04 Å². The maximum absolute atomic E-state index is 5.42. The highest BCUT2D eigenvalue weighted by Gasteiger charge is 2.36. The smallest absolute Gasteiger partial charge is 0.396 e. The maximum atomic E-state index is 5.42. The number of nitrogens with one attached hydrogen (secondary N) is 1. The summed E-state index contributed by atoms with van der Waals surface area (Å²) in [6.45, 7) is 0. The van der Waals surface area contributed by atoms with E-state index >= 15 is 0 Å². The Morgan fingerprint density at radius 2 is 2.33 bits per heavy atom. The lowest BCUT2D eigenvalue weighted by Gasteiger charge is -2.08. The first-order chi connectivity index (χ1) is 5.95. The van der Waals surface area contributed by atoms with E-state index in [1.54, 1.807) is 7.62 Å². The van der Waals surface area contributed by atoms with Crippen molar-refractivity contribution < 1.29 is 4.65 Å². The summed E-state index contributed by atoms with van der Waals surface area (Å²) in [7, 11) is 1.71. The van der Waals surface area contributed by atoms with E-state index in [9.17, 15) is 0 Å². The van der Waals surface area contributed by atoms with Crippen molar-refractivity contribution in [2.45, 2.75) is 18.6 Å². The van der Waals surface area contributed by atoms with E-state index in [4.69, 9.17) is 4.65 Å². The van der Waals surface area contributed by atoms with Crippen LogP contribution in [-0.2, 0) is 11.1 Å². The Balaban J connectivity index is 2.09. The van der Waals surface area contributed by atoms with Gasteiger partial charge in [-0.1, -0.05) is 24.3 Å². The molecule has 0 aromatic heterocycles. The topological polar surface area (TPSA) is 21.3 Å². The highest BCUT2D eigenvalue weighted by molar-refractivity contribution is 6.24. The minimum absolute atomic E-state index is 0.336. The third-order valence-electron chi connectivity index (χ3n) is 2.67. The Labute approximate surface area is 72.2 Å². The van der Waals surface area contributed by atoms with Crippen molar-refractivity contribution in [2.24, 2.45) is 0 Å². The van der Waals surface area contributed by atoms with Crippen LogP contribution in [0.15, 0.2) is 24.3 Å². The summed E-state index contributed by atoms with van der Waals surface area (Å²) in [5, 5.41) is 3.23. The fourth-order valence-corrected chi connectivity index (χ4v) is 2.08. The van der Waals surface area contributed by atoms with E-state index in [1.165, 1.54) is 11.1 Å². The molecule has 0 saturated carbocycles. The molecule has 1 aromatic carbocycles. The quantitative estimate of drug-likeness (QED) is 0.564. The van der Waals surface area contributed by atoms with Crippen molar-refractivity contribution in [1.82, 2.24) is 5.23 Å². The highest BCUT2D eigenvalue weighted by Crippen LogP contribution is 2.34. The highest BCUT2D eigenvalue weighted by atomic mass is 16.5. The molecule has 1 aromatic rings. The second-order valence-corrected chi connectivity index (χ2v) is 3.34. The van der Waals surface area contributed by atoms with Crippen molar-refractivity contribution >= 4 is 7.62 Å². The minimum atomic E-state index is 0.336. The molecular weight excluding hydrogens is 149 g/mol. The van der Waals surface area contributed by atoms with Crippen molar-refractivity contribution in [1.29, 1.82) is 0 Å². The average molecular weight is 158 g/mol. The van der Waals surface area contributed by atoms with Gasteiger partial charge in [-0.3, -0.25) is 0 Å². The third kappa shape index (κ3) is 0.779. The van der Waals surface area contributed by atoms with E-state index in [1.807, 2.05) is 0 Å². The summed E-state index contributed by atoms with van der Waals surface area (Å²) < 4.78 is 5.42. The van der Waals surface area contributed by atoms with E-state index in [0.717, 1.165) is 6.42 Å². The number of hydrogen-bond acceptors (Lipinski definition) is 2. The lowest BCUT2D eigenvalue weighted by atomic mass is 10.1. The predicted molar refractivity (Wildman–Crippen MR) is 46.6 cm³/mol. The van der Waals surface area contributed by atoms with Crippen molar-refractivity contribution in [3.05, 3.63) is 35.4 Å². The lowest BCUT2D eigenvalue weighted by molar-refractivity contribution is 0.232. The second-order valence-electron chi connectivity index (χ2n) is 3.34. The van der Waals surface area contributed by atoms with Crippen LogP contribution in [0.1, 0.15) is 17.2 Å². The van der Waals surface area contributed by atoms with Gasteiger partial charge in [0.05, 0.1) is 6.10 Å². The molecule has 0 amide bonds. The monoisotopic (exact) mass is 158 g/mol. The van der Waals surface area contributed by atoms with Gasteiger partial charge >= 0.3 is 7.62 Å². The molecule has 0 bridgehead atoms. The van der Waals surface area contributed by atoms with E-state index in [2.05, 4.69) is 29.5 Å². The van der Waals surface area contributed by atoms with Crippen molar-refractivity contribution in [2.75, 3.05) is 0 Å². The van der Waals surface area contributed by atoms with E-state index in [0.29, 0.717) is 12.1 Å². The standard InChI is InChI=1S/C9H9BNO/c1-2-4-7-6(3-1)5-8-9(7)11-10-12-8/h1-4,8-9,11H,5H2/t8-,9+/m1/s1. The molecule has 1 radical (unpaired) electrons. The van der Waals surface area contributed by atoms with Crippen LogP contribution < -0.4 is 5.23 Å². The first-order valence-corrected chi connectivity index (χ1v) is 4.26. The van der Waals surface area contributed by atoms with Gasteiger partial charge in [0.2, 0.25) is 0 Å². The molecule has 2 atom stereocenters. The number of rotatable bonds is 0. The molecule has 1 aliphatic carbocycles. The third-order valence-corrected chi connectivity index (χ3v) is 2.67. The fourth-order valence-electron chi connectivity index (χ4n) is 2.08. The van der Waals surface area contributed by atoms with Crippen LogP contribution in [0.3, 0.4) is 0 Å². The van der Waals surface area contributed by atoms with Gasteiger partial charge in [-0.2, -0.15) is 0 Å². The molecule has 1 N–H and O–H groups in total. The van der Waals surface area contributed by atoms with Gasteiger partial charge in [-0.25, -0.2) is 0 Å². The van der Waals surface area contributed by atoms with Crippen molar-refractivity contribution in [3.63, 3.8) is 0 Å². The van der Waals surface area contributed by atoms with Crippen molar-refractivity contribution in [3.8, 4) is 0 Å². The van der Waals surface area contributed by atoms with Crippen LogP contribution in [0.25, 0.3) is 0 Å². The van der Waals surface area contributed by atoms with Crippen LogP contribution in [0.2, 0.25) is 0 Å². The largest absolute Gasteiger partial charge is 0.419 e. The lowest BCUT2D eigenvalue weighted by Crippen LogP contribution is -2.17. The Morgan fingerprint density at radius 1 is 1.42 bits per heavy atom. The minimum Gasteiger partial charge on any atom is -0.419 e. The fraction of sp³-hybridized carbons (Fsp3) is 0.333.